The van der Waals surface area contributed by atoms with Gasteiger partial charge in [-0.2, -0.15) is 0 Å². The van der Waals surface area contributed by atoms with Crippen molar-refractivity contribution in [1.82, 2.24) is 5.32 Å². The third-order valence-electron chi connectivity index (χ3n) is 3.90. The van der Waals surface area contributed by atoms with Gasteiger partial charge in [0, 0.05) is 6.54 Å². The van der Waals surface area contributed by atoms with Crippen LogP contribution in [0.4, 0.5) is 0 Å². The van der Waals surface area contributed by atoms with Crippen LogP contribution in [-0.4, -0.2) is 18.4 Å². The van der Waals surface area contributed by atoms with Crippen molar-refractivity contribution >= 4 is 11.8 Å². The van der Waals surface area contributed by atoms with Crippen LogP contribution in [-0.2, 0) is 9.59 Å². The first-order chi connectivity index (χ1) is 8.45. The number of carbonyl (C=O) groups is 2. The van der Waals surface area contributed by atoms with Crippen molar-refractivity contribution in [3.05, 3.63) is 12.2 Å². The lowest BCUT2D eigenvalue weighted by Crippen LogP contribution is -2.51. The van der Waals surface area contributed by atoms with Crippen LogP contribution in [0.3, 0.4) is 0 Å². The molecule has 0 radical (unpaired) electrons. The molecule has 0 spiro atoms. The Morgan fingerprint density at radius 1 is 1.33 bits per heavy atom. The second kappa shape index (κ2) is 6.03. The highest BCUT2D eigenvalue weighted by Gasteiger charge is 2.48. The second-order valence-corrected chi connectivity index (χ2v) is 5.25. The molecule has 0 heterocycles. The molecule has 0 aliphatic heterocycles. The van der Waals surface area contributed by atoms with Crippen molar-refractivity contribution in [2.45, 2.75) is 46.0 Å². The summed E-state index contributed by atoms with van der Waals surface area (Å²) in [6.45, 7) is 8.12. The first-order valence-corrected chi connectivity index (χ1v) is 6.68. The molecule has 0 aromatic rings. The maximum Gasteiger partial charge on any atom is 0.228 e. The van der Waals surface area contributed by atoms with Gasteiger partial charge in [-0.15, -0.1) is 0 Å². The standard InChI is InChI=1S/C14H24N2O2/c1-4-16-12(17)11(10(2)3)14(13(15)18)8-6-5-7-9-14/h11H,2,4-9H2,1,3H3,(H2,15,18)(H,16,17). The summed E-state index contributed by atoms with van der Waals surface area (Å²) in [5.74, 6) is -0.970. The molecular formula is C14H24N2O2. The van der Waals surface area contributed by atoms with Gasteiger partial charge in [-0.25, -0.2) is 0 Å². The molecule has 1 aliphatic carbocycles. The molecule has 18 heavy (non-hydrogen) atoms. The zero-order valence-electron chi connectivity index (χ0n) is 11.4. The van der Waals surface area contributed by atoms with E-state index >= 15 is 0 Å². The molecule has 0 bridgehead atoms. The van der Waals surface area contributed by atoms with Crippen LogP contribution in [0.2, 0.25) is 0 Å². The van der Waals surface area contributed by atoms with Crippen molar-refractivity contribution in [3.8, 4) is 0 Å². The number of amides is 2. The summed E-state index contributed by atoms with van der Waals surface area (Å²) in [7, 11) is 0. The van der Waals surface area contributed by atoms with Crippen molar-refractivity contribution in [2.24, 2.45) is 17.1 Å². The summed E-state index contributed by atoms with van der Waals surface area (Å²) in [4.78, 5) is 24.1. The molecule has 1 fully saturated rings. The van der Waals surface area contributed by atoms with Crippen LogP contribution < -0.4 is 11.1 Å². The molecule has 4 heteroatoms. The maximum absolute atomic E-state index is 12.2. The van der Waals surface area contributed by atoms with Gasteiger partial charge in [-0.1, -0.05) is 31.4 Å². The Hall–Kier alpha value is -1.32. The van der Waals surface area contributed by atoms with Gasteiger partial charge >= 0.3 is 0 Å². The number of hydrogen-bond donors (Lipinski definition) is 2. The summed E-state index contributed by atoms with van der Waals surface area (Å²) in [6, 6.07) is 0. The first-order valence-electron chi connectivity index (χ1n) is 6.68. The maximum atomic E-state index is 12.2. The Bertz CT molecular complexity index is 344. The van der Waals surface area contributed by atoms with E-state index in [9.17, 15) is 9.59 Å². The van der Waals surface area contributed by atoms with Crippen molar-refractivity contribution in [1.29, 1.82) is 0 Å². The summed E-state index contributed by atoms with van der Waals surface area (Å²) >= 11 is 0. The predicted molar refractivity (Wildman–Crippen MR) is 71.7 cm³/mol. The smallest absolute Gasteiger partial charge is 0.228 e. The molecule has 0 saturated heterocycles. The molecule has 102 valence electrons. The van der Waals surface area contributed by atoms with E-state index in [2.05, 4.69) is 11.9 Å². The lowest BCUT2D eigenvalue weighted by Gasteiger charge is -2.40. The van der Waals surface area contributed by atoms with E-state index in [-0.39, 0.29) is 11.8 Å². The van der Waals surface area contributed by atoms with E-state index in [1.165, 1.54) is 0 Å². The van der Waals surface area contributed by atoms with E-state index in [4.69, 9.17) is 5.73 Å². The summed E-state index contributed by atoms with van der Waals surface area (Å²) in [5.41, 5.74) is 5.61. The van der Waals surface area contributed by atoms with Crippen LogP contribution in [0.15, 0.2) is 12.2 Å². The number of hydrogen-bond acceptors (Lipinski definition) is 2. The summed E-state index contributed by atoms with van der Waals surface area (Å²) in [5, 5.41) is 2.80. The topological polar surface area (TPSA) is 72.2 Å². The number of primary amides is 1. The normalized spacial score (nSPS) is 19.9. The first kappa shape index (κ1) is 14.7. The van der Waals surface area contributed by atoms with Crippen molar-refractivity contribution < 1.29 is 9.59 Å². The monoisotopic (exact) mass is 252 g/mol. The fourth-order valence-corrected chi connectivity index (χ4v) is 3.08. The van der Waals surface area contributed by atoms with Gasteiger partial charge in [0.2, 0.25) is 11.8 Å². The third-order valence-corrected chi connectivity index (χ3v) is 3.90. The van der Waals surface area contributed by atoms with Crippen LogP contribution in [0.25, 0.3) is 0 Å². The fourth-order valence-electron chi connectivity index (χ4n) is 3.08. The van der Waals surface area contributed by atoms with Gasteiger partial charge < -0.3 is 11.1 Å². The number of carbonyl (C=O) groups excluding carboxylic acids is 2. The fraction of sp³-hybridized carbons (Fsp3) is 0.714. The number of nitrogens with two attached hydrogens (primary N) is 1. The molecule has 1 rings (SSSR count). The van der Waals surface area contributed by atoms with Crippen LogP contribution >= 0.6 is 0 Å². The van der Waals surface area contributed by atoms with Gasteiger partial charge in [0.05, 0.1) is 11.3 Å². The minimum atomic E-state index is -0.733. The molecule has 4 nitrogen and oxygen atoms in total. The van der Waals surface area contributed by atoms with Gasteiger partial charge in [0.15, 0.2) is 0 Å². The Morgan fingerprint density at radius 3 is 2.28 bits per heavy atom. The van der Waals surface area contributed by atoms with Crippen LogP contribution in [0.5, 0.6) is 0 Å². The molecule has 1 saturated carbocycles. The van der Waals surface area contributed by atoms with Gasteiger partial charge in [0.25, 0.3) is 0 Å². The van der Waals surface area contributed by atoms with Crippen molar-refractivity contribution in [2.75, 3.05) is 6.54 Å². The quantitative estimate of drug-likeness (QED) is 0.732. The summed E-state index contributed by atoms with van der Waals surface area (Å²) < 4.78 is 0. The Labute approximate surface area is 109 Å². The Kier molecular flexibility index (Phi) is 4.93. The largest absolute Gasteiger partial charge is 0.369 e. The molecule has 1 unspecified atom stereocenters. The highest BCUT2D eigenvalue weighted by Crippen LogP contribution is 2.45. The second-order valence-electron chi connectivity index (χ2n) is 5.25. The predicted octanol–water partition coefficient (Wildman–Crippen LogP) is 1.75. The van der Waals surface area contributed by atoms with Crippen molar-refractivity contribution in [3.63, 3.8) is 0 Å². The lowest BCUT2D eigenvalue weighted by molar-refractivity contribution is -0.140. The molecule has 3 N–H and O–H groups in total. The average Bonchev–Trinajstić information content (AvgIpc) is 2.30. The Balaban J connectivity index is 3.09. The molecule has 1 atom stereocenters. The lowest BCUT2D eigenvalue weighted by atomic mass is 9.63. The highest BCUT2D eigenvalue weighted by atomic mass is 16.2. The molecule has 0 aromatic heterocycles. The molecule has 2 amide bonds. The van der Waals surface area contributed by atoms with Crippen LogP contribution in [0.1, 0.15) is 46.0 Å². The number of rotatable bonds is 5. The average molecular weight is 252 g/mol. The third kappa shape index (κ3) is 2.74. The van der Waals surface area contributed by atoms with Gasteiger partial charge in [0.1, 0.15) is 0 Å². The van der Waals surface area contributed by atoms with E-state index in [0.717, 1.165) is 24.8 Å². The van der Waals surface area contributed by atoms with Gasteiger partial charge in [-0.3, -0.25) is 9.59 Å². The zero-order valence-corrected chi connectivity index (χ0v) is 11.4. The van der Waals surface area contributed by atoms with E-state index in [0.29, 0.717) is 19.4 Å². The minimum absolute atomic E-state index is 0.120. The zero-order chi connectivity index (χ0) is 13.8. The SMILES string of the molecule is C=C(C)C(C(=O)NCC)C1(C(N)=O)CCCCC1. The molecule has 1 aliphatic rings. The Morgan fingerprint density at radius 2 is 1.89 bits per heavy atom. The van der Waals surface area contributed by atoms with E-state index < -0.39 is 11.3 Å². The van der Waals surface area contributed by atoms with E-state index in [1.54, 1.807) is 6.92 Å². The molecule has 0 aromatic carbocycles. The summed E-state index contributed by atoms with van der Waals surface area (Å²) in [6.07, 6.45) is 4.39. The number of nitrogens with one attached hydrogen (secondary N) is 1. The van der Waals surface area contributed by atoms with Crippen LogP contribution in [0, 0.1) is 11.3 Å². The van der Waals surface area contributed by atoms with Gasteiger partial charge in [-0.05, 0) is 26.7 Å². The van der Waals surface area contributed by atoms with E-state index in [1.807, 2.05) is 6.92 Å². The minimum Gasteiger partial charge on any atom is -0.369 e. The highest BCUT2D eigenvalue weighted by molar-refractivity contribution is 5.91. The molecular weight excluding hydrogens is 228 g/mol.